The molecule has 0 radical (unpaired) electrons. The van der Waals surface area contributed by atoms with E-state index in [2.05, 4.69) is 34.2 Å². The lowest BCUT2D eigenvalue weighted by Crippen LogP contribution is -2.39. The van der Waals surface area contributed by atoms with Crippen molar-refractivity contribution in [3.8, 4) is 0 Å². The molecule has 1 aliphatic rings. The van der Waals surface area contributed by atoms with E-state index in [0.717, 1.165) is 32.4 Å². The Kier molecular flexibility index (Phi) is 6.30. The molecule has 6 heteroatoms. The average Bonchev–Trinajstić information content (AvgIpc) is 2.75. The molecular weight excluding hydrogens is 382 g/mol. The molecule has 1 fully saturated rings. The smallest absolute Gasteiger partial charge is 0.258 e. The number of nitrogens with zero attached hydrogens (tertiary/aromatic N) is 2. The Morgan fingerprint density at radius 3 is 2.59 bits per heavy atom. The highest BCUT2D eigenvalue weighted by molar-refractivity contribution is 7.99. The minimum Gasteiger partial charge on any atom is -0.342 e. The lowest BCUT2D eigenvalue weighted by atomic mass is 9.90. The van der Waals surface area contributed by atoms with Crippen LogP contribution in [0.15, 0.2) is 59.4 Å². The van der Waals surface area contributed by atoms with E-state index in [1.54, 1.807) is 6.07 Å². The van der Waals surface area contributed by atoms with Gasteiger partial charge in [0, 0.05) is 13.1 Å². The number of fused-ring (bicyclic) bond motifs is 1. The average molecular weight is 408 g/mol. The molecule has 1 saturated heterocycles. The van der Waals surface area contributed by atoms with E-state index < -0.39 is 0 Å². The number of piperidine rings is 1. The van der Waals surface area contributed by atoms with Crippen LogP contribution in [0.4, 0.5) is 0 Å². The number of nitrogens with one attached hydrogen (secondary N) is 1. The summed E-state index contributed by atoms with van der Waals surface area (Å²) in [4.78, 5) is 34.0. The van der Waals surface area contributed by atoms with Crippen molar-refractivity contribution < 1.29 is 4.79 Å². The minimum absolute atomic E-state index is 0.127. The van der Waals surface area contributed by atoms with Crippen molar-refractivity contribution in [3.63, 3.8) is 0 Å². The molecule has 0 spiro atoms. The monoisotopic (exact) mass is 407 g/mol. The topological polar surface area (TPSA) is 66.1 Å². The molecule has 29 heavy (non-hydrogen) atoms. The van der Waals surface area contributed by atoms with Gasteiger partial charge in [-0.25, -0.2) is 4.98 Å². The van der Waals surface area contributed by atoms with Crippen molar-refractivity contribution in [2.24, 2.45) is 5.92 Å². The minimum atomic E-state index is -0.127. The normalized spacial score (nSPS) is 15.0. The fourth-order valence-electron chi connectivity index (χ4n) is 3.86. The van der Waals surface area contributed by atoms with Crippen LogP contribution in [0.1, 0.15) is 24.2 Å². The standard InChI is InChI=1S/C23H25N3O2S/c27-22(26-12-10-18(11-13-26)14-17-6-2-1-3-7-17)16-29-15-21-24-20-9-5-4-8-19(20)23(28)25-21/h1-9,18H,10-16H2,(H,24,25,28). The van der Waals surface area contributed by atoms with Gasteiger partial charge in [-0.05, 0) is 42.9 Å². The van der Waals surface area contributed by atoms with Gasteiger partial charge in [-0.3, -0.25) is 9.59 Å². The highest BCUT2D eigenvalue weighted by Gasteiger charge is 2.22. The number of benzene rings is 2. The van der Waals surface area contributed by atoms with E-state index in [9.17, 15) is 9.59 Å². The number of aromatic nitrogens is 2. The van der Waals surface area contributed by atoms with E-state index in [0.29, 0.717) is 34.2 Å². The van der Waals surface area contributed by atoms with Crippen LogP contribution in [0, 0.1) is 5.92 Å². The van der Waals surface area contributed by atoms with Crippen molar-refractivity contribution in [1.82, 2.24) is 14.9 Å². The predicted octanol–water partition coefficient (Wildman–Crippen LogP) is 3.64. The third-order valence-corrected chi connectivity index (χ3v) is 6.39. The lowest BCUT2D eigenvalue weighted by molar-refractivity contribution is -0.129. The third kappa shape index (κ3) is 5.07. The molecule has 5 nitrogen and oxygen atoms in total. The van der Waals surface area contributed by atoms with Gasteiger partial charge in [-0.15, -0.1) is 11.8 Å². The first-order valence-corrected chi connectivity index (χ1v) is 11.2. The van der Waals surface area contributed by atoms with Crippen molar-refractivity contribution in [2.45, 2.75) is 25.0 Å². The molecule has 1 amide bonds. The van der Waals surface area contributed by atoms with Crippen molar-refractivity contribution in [3.05, 3.63) is 76.3 Å². The molecule has 0 atom stereocenters. The van der Waals surface area contributed by atoms with Crippen LogP contribution in [0.3, 0.4) is 0 Å². The Labute approximate surface area is 174 Å². The fraction of sp³-hybridized carbons (Fsp3) is 0.348. The van der Waals surface area contributed by atoms with Gasteiger partial charge in [-0.1, -0.05) is 42.5 Å². The lowest BCUT2D eigenvalue weighted by Gasteiger charge is -2.32. The Morgan fingerprint density at radius 1 is 1.07 bits per heavy atom. The molecule has 2 heterocycles. The Balaban J connectivity index is 1.24. The number of rotatable bonds is 6. The number of aromatic amines is 1. The van der Waals surface area contributed by atoms with Crippen LogP contribution in [-0.2, 0) is 17.0 Å². The van der Waals surface area contributed by atoms with E-state index in [1.807, 2.05) is 29.2 Å². The summed E-state index contributed by atoms with van der Waals surface area (Å²) in [7, 11) is 0. The van der Waals surface area contributed by atoms with E-state index in [4.69, 9.17) is 0 Å². The van der Waals surface area contributed by atoms with Crippen molar-refractivity contribution >= 4 is 28.6 Å². The van der Waals surface area contributed by atoms with Crippen LogP contribution in [0.2, 0.25) is 0 Å². The summed E-state index contributed by atoms with van der Waals surface area (Å²) in [6.07, 6.45) is 3.22. The maximum atomic E-state index is 12.5. The molecule has 0 aliphatic carbocycles. The second-order valence-corrected chi connectivity index (χ2v) is 8.52. The second kappa shape index (κ2) is 9.27. The number of H-pyrrole nitrogens is 1. The molecule has 3 aromatic rings. The van der Waals surface area contributed by atoms with Gasteiger partial charge >= 0.3 is 0 Å². The van der Waals surface area contributed by atoms with E-state index in [1.165, 1.54) is 17.3 Å². The van der Waals surface area contributed by atoms with Gasteiger partial charge < -0.3 is 9.88 Å². The summed E-state index contributed by atoms with van der Waals surface area (Å²) >= 11 is 1.50. The predicted molar refractivity (Wildman–Crippen MR) is 118 cm³/mol. The number of thioether (sulfide) groups is 1. The zero-order valence-electron chi connectivity index (χ0n) is 16.3. The van der Waals surface area contributed by atoms with Gasteiger partial charge in [0.15, 0.2) is 0 Å². The van der Waals surface area contributed by atoms with Gasteiger partial charge in [0.25, 0.3) is 5.56 Å². The van der Waals surface area contributed by atoms with Gasteiger partial charge in [-0.2, -0.15) is 0 Å². The number of likely N-dealkylation sites (tertiary alicyclic amines) is 1. The summed E-state index contributed by atoms with van der Waals surface area (Å²) < 4.78 is 0. The number of para-hydroxylation sites is 1. The second-order valence-electron chi connectivity index (χ2n) is 7.54. The van der Waals surface area contributed by atoms with Crippen LogP contribution in [0.5, 0.6) is 0 Å². The number of carbonyl (C=O) groups excluding carboxylic acids is 1. The fourth-order valence-corrected chi connectivity index (χ4v) is 4.65. The number of hydrogen-bond donors (Lipinski definition) is 1. The zero-order valence-corrected chi connectivity index (χ0v) is 17.2. The number of amides is 1. The van der Waals surface area contributed by atoms with Gasteiger partial charge in [0.1, 0.15) is 5.82 Å². The molecular formula is C23H25N3O2S. The molecule has 4 rings (SSSR count). The van der Waals surface area contributed by atoms with Crippen molar-refractivity contribution in [2.75, 3.05) is 18.8 Å². The Morgan fingerprint density at radius 2 is 1.79 bits per heavy atom. The molecule has 0 unspecified atom stereocenters. The summed E-state index contributed by atoms with van der Waals surface area (Å²) in [5.74, 6) is 2.39. The molecule has 1 N–H and O–H groups in total. The maximum Gasteiger partial charge on any atom is 0.258 e. The third-order valence-electron chi connectivity index (χ3n) is 5.46. The van der Waals surface area contributed by atoms with Crippen LogP contribution < -0.4 is 5.56 Å². The van der Waals surface area contributed by atoms with Crippen molar-refractivity contribution in [1.29, 1.82) is 0 Å². The molecule has 1 aliphatic heterocycles. The van der Waals surface area contributed by atoms with Crippen LogP contribution in [0.25, 0.3) is 10.9 Å². The molecule has 1 aromatic heterocycles. The number of carbonyl (C=O) groups is 1. The summed E-state index contributed by atoms with van der Waals surface area (Å²) in [5.41, 5.74) is 1.95. The van der Waals surface area contributed by atoms with E-state index >= 15 is 0 Å². The maximum absolute atomic E-state index is 12.5. The molecule has 150 valence electrons. The van der Waals surface area contributed by atoms with Gasteiger partial charge in [0.2, 0.25) is 5.91 Å². The highest BCUT2D eigenvalue weighted by atomic mass is 32.2. The SMILES string of the molecule is O=C(CSCc1nc2ccccc2c(=O)[nH]1)N1CCC(Cc2ccccc2)CC1. The summed E-state index contributed by atoms with van der Waals surface area (Å²) in [6, 6.07) is 17.9. The van der Waals surface area contributed by atoms with Gasteiger partial charge in [0.05, 0.1) is 22.4 Å². The molecule has 2 aromatic carbocycles. The quantitative estimate of drug-likeness (QED) is 0.678. The number of hydrogen-bond acceptors (Lipinski definition) is 4. The summed E-state index contributed by atoms with van der Waals surface area (Å²) in [5, 5.41) is 0.593. The Hall–Kier alpha value is -2.60. The zero-order chi connectivity index (χ0) is 20.1. The largest absolute Gasteiger partial charge is 0.342 e. The Bertz CT molecular complexity index is 1030. The first-order chi connectivity index (χ1) is 14.2. The highest BCUT2D eigenvalue weighted by Crippen LogP contribution is 2.22. The molecule has 0 saturated carbocycles. The van der Waals surface area contributed by atoms with E-state index in [-0.39, 0.29) is 11.5 Å². The summed E-state index contributed by atoms with van der Waals surface area (Å²) in [6.45, 7) is 1.67. The first-order valence-electron chi connectivity index (χ1n) is 10.1. The molecule has 0 bridgehead atoms. The first kappa shape index (κ1) is 19.7. The van der Waals surface area contributed by atoms with Crippen LogP contribution >= 0.6 is 11.8 Å². The van der Waals surface area contributed by atoms with Crippen LogP contribution in [-0.4, -0.2) is 39.6 Å².